The fraction of sp³-hybridized carbons (Fsp3) is 0.308. The smallest absolute Gasteiger partial charge is 0.367 e. The van der Waals surface area contributed by atoms with Gasteiger partial charge in [0.05, 0.1) is 28.2 Å². The lowest BCUT2D eigenvalue weighted by Crippen LogP contribution is -2.25. The fourth-order valence-electron chi connectivity index (χ4n) is 4.87. The quantitative estimate of drug-likeness (QED) is 0.361. The van der Waals surface area contributed by atoms with E-state index in [2.05, 4.69) is 95.6 Å². The molecular formula is C26H28N4O2S. The number of nitrogens with zero attached hydrogens (tertiary/aromatic N) is 4. The Morgan fingerprint density at radius 3 is 2.70 bits per heavy atom. The Kier molecular flexibility index (Phi) is 4.97. The normalized spacial score (nSPS) is 19.5. The van der Waals surface area contributed by atoms with Gasteiger partial charge in [-0.1, -0.05) is 19.0 Å². The molecule has 0 aliphatic carbocycles. The van der Waals surface area contributed by atoms with Crippen molar-refractivity contribution < 1.29 is 9.63 Å². The van der Waals surface area contributed by atoms with Crippen molar-refractivity contribution in [3.8, 4) is 0 Å². The number of fused-ring (bicyclic) bond motifs is 3. The van der Waals surface area contributed by atoms with Crippen molar-refractivity contribution in [2.45, 2.75) is 33.1 Å². The van der Waals surface area contributed by atoms with Gasteiger partial charge in [0.2, 0.25) is 0 Å². The van der Waals surface area contributed by atoms with Crippen LogP contribution in [0.15, 0.2) is 63.7 Å². The molecule has 7 heteroatoms. The van der Waals surface area contributed by atoms with Crippen LogP contribution in [0.1, 0.15) is 33.3 Å². The van der Waals surface area contributed by atoms with Gasteiger partial charge in [-0.25, -0.2) is 4.79 Å². The van der Waals surface area contributed by atoms with Crippen molar-refractivity contribution in [3.63, 3.8) is 0 Å². The van der Waals surface area contributed by atoms with Crippen LogP contribution in [0.2, 0.25) is 0 Å². The number of allylic oxidation sites excluding steroid dienone is 3. The summed E-state index contributed by atoms with van der Waals surface area (Å²) in [6.07, 6.45) is 6.03. The largest absolute Gasteiger partial charge is 0.375 e. The standard InChI is InChI=1S/C26H28N4O2S/c1-7-28(5)21-14-20-19(10-12-29(20)6)24-23(21)26(3,4)22(30(24)17-11-13-33-15-17)9-8-18-16(2)27-32-25(18)31/h8-15H,7H2,1-6H3/b18-8+,22-9+. The molecule has 0 fully saturated rings. The molecule has 1 aromatic carbocycles. The fourth-order valence-corrected chi connectivity index (χ4v) is 5.49. The molecule has 0 amide bonds. The highest BCUT2D eigenvalue weighted by Crippen LogP contribution is 2.57. The van der Waals surface area contributed by atoms with Gasteiger partial charge in [-0.3, -0.25) is 0 Å². The highest BCUT2D eigenvalue weighted by molar-refractivity contribution is 7.08. The van der Waals surface area contributed by atoms with Crippen LogP contribution in [0.25, 0.3) is 10.9 Å². The third-order valence-electron chi connectivity index (χ3n) is 6.81. The number of aryl methyl sites for hydroxylation is 1. The Hall–Kier alpha value is -3.32. The highest BCUT2D eigenvalue weighted by Gasteiger charge is 2.44. The molecule has 0 atom stereocenters. The van der Waals surface area contributed by atoms with Crippen LogP contribution in [-0.4, -0.2) is 29.8 Å². The zero-order valence-electron chi connectivity index (χ0n) is 19.8. The monoisotopic (exact) mass is 460 g/mol. The van der Waals surface area contributed by atoms with E-state index < -0.39 is 5.97 Å². The van der Waals surface area contributed by atoms with Crippen molar-refractivity contribution in [2.24, 2.45) is 12.2 Å². The number of carbonyl (C=O) groups is 1. The van der Waals surface area contributed by atoms with Gasteiger partial charge in [-0.15, -0.1) is 0 Å². The number of aromatic nitrogens is 1. The highest BCUT2D eigenvalue weighted by atomic mass is 32.1. The minimum atomic E-state index is -0.406. The summed E-state index contributed by atoms with van der Waals surface area (Å²) < 4.78 is 2.18. The van der Waals surface area contributed by atoms with Crippen molar-refractivity contribution in [1.29, 1.82) is 0 Å². The van der Waals surface area contributed by atoms with Crippen LogP contribution >= 0.6 is 11.3 Å². The molecule has 0 bridgehead atoms. The van der Waals surface area contributed by atoms with Crippen LogP contribution in [0, 0.1) is 0 Å². The second-order valence-corrected chi connectivity index (χ2v) is 9.90. The van der Waals surface area contributed by atoms with Gasteiger partial charge in [0.1, 0.15) is 0 Å². The minimum Gasteiger partial charge on any atom is -0.375 e. The third kappa shape index (κ3) is 3.14. The summed E-state index contributed by atoms with van der Waals surface area (Å²) in [4.78, 5) is 21.7. The van der Waals surface area contributed by atoms with Crippen molar-refractivity contribution >= 4 is 51.0 Å². The first-order valence-electron chi connectivity index (χ1n) is 11.1. The molecule has 2 aliphatic rings. The summed E-state index contributed by atoms with van der Waals surface area (Å²) >= 11 is 1.68. The maximum atomic E-state index is 12.2. The lowest BCUT2D eigenvalue weighted by atomic mass is 9.81. The third-order valence-corrected chi connectivity index (χ3v) is 7.48. The molecule has 170 valence electrons. The summed E-state index contributed by atoms with van der Waals surface area (Å²) in [5, 5.41) is 9.32. The number of hydrogen-bond acceptors (Lipinski definition) is 6. The van der Waals surface area contributed by atoms with Crippen LogP contribution in [-0.2, 0) is 22.1 Å². The topological polar surface area (TPSA) is 50.1 Å². The molecule has 3 aromatic rings. The van der Waals surface area contributed by atoms with Crippen molar-refractivity contribution in [1.82, 2.24) is 4.57 Å². The van der Waals surface area contributed by atoms with E-state index in [4.69, 9.17) is 4.84 Å². The molecule has 0 saturated carbocycles. The average molecular weight is 461 g/mol. The SMILES string of the molecule is CCN(C)c1cc2c(ccn2C)c2c1C(C)(C)/C(=C\C=C1\C(=O)ON=C1C)N2c1ccsc1. The van der Waals surface area contributed by atoms with Crippen LogP contribution in [0.3, 0.4) is 0 Å². The van der Waals surface area contributed by atoms with Gasteiger partial charge in [0.25, 0.3) is 0 Å². The summed E-state index contributed by atoms with van der Waals surface area (Å²) in [6.45, 7) is 9.40. The predicted octanol–water partition coefficient (Wildman–Crippen LogP) is 5.87. The molecular weight excluding hydrogens is 432 g/mol. The van der Waals surface area contributed by atoms with Gasteiger partial charge >= 0.3 is 5.97 Å². The Labute approximate surface area is 198 Å². The maximum absolute atomic E-state index is 12.2. The van der Waals surface area contributed by atoms with Crippen LogP contribution < -0.4 is 9.80 Å². The van der Waals surface area contributed by atoms with Crippen LogP contribution in [0.5, 0.6) is 0 Å². The Morgan fingerprint density at radius 2 is 2.06 bits per heavy atom. The van der Waals surface area contributed by atoms with E-state index in [9.17, 15) is 4.79 Å². The zero-order valence-corrected chi connectivity index (χ0v) is 20.7. The van der Waals surface area contributed by atoms with E-state index in [1.54, 1.807) is 18.3 Å². The lowest BCUT2D eigenvalue weighted by Gasteiger charge is -2.28. The maximum Gasteiger partial charge on any atom is 0.367 e. The van der Waals surface area contributed by atoms with Gasteiger partial charge in [-0.05, 0) is 49.6 Å². The summed E-state index contributed by atoms with van der Waals surface area (Å²) in [5.41, 5.74) is 7.94. The summed E-state index contributed by atoms with van der Waals surface area (Å²) in [5.74, 6) is -0.406. The van der Waals surface area contributed by atoms with Gasteiger partial charge in [-0.2, -0.15) is 11.3 Å². The van der Waals surface area contributed by atoms with E-state index >= 15 is 0 Å². The number of oxime groups is 1. The van der Waals surface area contributed by atoms with E-state index in [-0.39, 0.29) is 5.41 Å². The first kappa shape index (κ1) is 21.5. The number of thiophene rings is 1. The van der Waals surface area contributed by atoms with Crippen molar-refractivity contribution in [3.05, 3.63) is 64.1 Å². The second kappa shape index (κ2) is 7.63. The van der Waals surface area contributed by atoms with Crippen LogP contribution in [0.4, 0.5) is 17.1 Å². The van der Waals surface area contributed by atoms with E-state index in [0.29, 0.717) is 11.3 Å². The van der Waals surface area contributed by atoms with Crippen molar-refractivity contribution in [2.75, 3.05) is 23.4 Å². The van der Waals surface area contributed by atoms with E-state index in [1.165, 1.54) is 27.8 Å². The van der Waals surface area contributed by atoms with Gasteiger partial charge in [0.15, 0.2) is 0 Å². The molecule has 2 aromatic heterocycles. The number of carbonyl (C=O) groups excluding carboxylic acids is 1. The number of hydrogen-bond donors (Lipinski definition) is 0. The minimum absolute atomic E-state index is 0.301. The molecule has 5 rings (SSSR count). The van der Waals surface area contributed by atoms with E-state index in [1.807, 2.05) is 6.08 Å². The lowest BCUT2D eigenvalue weighted by molar-refractivity contribution is -0.136. The number of anilines is 3. The Morgan fingerprint density at radius 1 is 1.27 bits per heavy atom. The molecule has 2 aliphatic heterocycles. The number of rotatable bonds is 4. The molecule has 0 saturated heterocycles. The first-order valence-corrected chi connectivity index (χ1v) is 12.0. The molecule has 0 unspecified atom stereocenters. The Balaban J connectivity index is 1.84. The Bertz CT molecular complexity index is 1360. The van der Waals surface area contributed by atoms with Gasteiger partial charge < -0.3 is 19.2 Å². The molecule has 0 N–H and O–H groups in total. The number of benzene rings is 1. The second-order valence-electron chi connectivity index (χ2n) is 9.12. The molecule has 0 radical (unpaired) electrons. The summed E-state index contributed by atoms with van der Waals surface area (Å²) in [6, 6.07) is 6.65. The predicted molar refractivity (Wildman–Crippen MR) is 137 cm³/mol. The molecule has 4 heterocycles. The molecule has 0 spiro atoms. The van der Waals surface area contributed by atoms with E-state index in [0.717, 1.165) is 17.9 Å². The van der Waals surface area contributed by atoms with Gasteiger partial charge in [0, 0.05) is 60.0 Å². The molecule has 33 heavy (non-hydrogen) atoms. The molecule has 6 nitrogen and oxygen atoms in total. The zero-order chi connectivity index (χ0) is 23.5. The summed E-state index contributed by atoms with van der Waals surface area (Å²) in [7, 11) is 4.24. The average Bonchev–Trinajstić information content (AvgIpc) is 3.55. The first-order chi connectivity index (χ1) is 15.8.